The van der Waals surface area contributed by atoms with Crippen LogP contribution in [0.3, 0.4) is 0 Å². The largest absolute Gasteiger partial charge is 0.459 e. The van der Waals surface area contributed by atoms with Crippen LogP contribution in [0.5, 0.6) is 0 Å². The normalized spacial score (nSPS) is 26.0. The number of ether oxygens (including phenoxy) is 3. The molecule has 5 nitrogen and oxygen atoms in total. The summed E-state index contributed by atoms with van der Waals surface area (Å²) >= 11 is 0. The smallest absolute Gasteiger partial charge is 0.323 e. The molecule has 0 bridgehead atoms. The maximum atomic E-state index is 12.2. The Morgan fingerprint density at radius 3 is 2.11 bits per heavy atom. The van der Waals surface area contributed by atoms with Crippen molar-refractivity contribution in [2.45, 2.75) is 63.8 Å². The van der Waals surface area contributed by atoms with E-state index in [-0.39, 0.29) is 18.2 Å². The van der Waals surface area contributed by atoms with E-state index in [1.165, 1.54) is 0 Å². The average molecular weight is 383 g/mol. The third-order valence-electron chi connectivity index (χ3n) is 5.03. The van der Waals surface area contributed by atoms with Gasteiger partial charge in [-0.25, -0.2) is 0 Å². The monoisotopic (exact) mass is 383 g/mol. The minimum Gasteiger partial charge on any atom is -0.459 e. The minimum atomic E-state index is -0.593. The standard InChI is InChI=1S/C23H29NO4/c1-17-22(27-16-19-11-6-3-7-12-19)21(14-8-13-20(24)23(25)28-17)26-15-18-9-4-2-5-10-18/h2-7,9-12,17,20-22H,8,13-16,24H2,1H3/t17-,20-,21-,22-/m0/s1. The second-order valence-corrected chi connectivity index (χ2v) is 7.28. The lowest BCUT2D eigenvalue weighted by Gasteiger charge is -2.31. The van der Waals surface area contributed by atoms with Gasteiger partial charge in [0.2, 0.25) is 0 Å². The number of hydrogen-bond acceptors (Lipinski definition) is 5. The molecule has 28 heavy (non-hydrogen) atoms. The van der Waals surface area contributed by atoms with Crippen LogP contribution in [-0.2, 0) is 32.2 Å². The van der Waals surface area contributed by atoms with Crippen molar-refractivity contribution in [1.29, 1.82) is 0 Å². The molecule has 0 aliphatic carbocycles. The van der Waals surface area contributed by atoms with E-state index in [9.17, 15) is 4.79 Å². The molecular formula is C23H29NO4. The van der Waals surface area contributed by atoms with Gasteiger partial charge in [-0.2, -0.15) is 0 Å². The van der Waals surface area contributed by atoms with Crippen LogP contribution in [0.4, 0.5) is 0 Å². The highest BCUT2D eigenvalue weighted by Crippen LogP contribution is 2.23. The quantitative estimate of drug-likeness (QED) is 0.772. The minimum absolute atomic E-state index is 0.183. The Balaban J connectivity index is 1.72. The van der Waals surface area contributed by atoms with Crippen LogP contribution in [0.25, 0.3) is 0 Å². The lowest BCUT2D eigenvalue weighted by molar-refractivity contribution is -0.169. The molecule has 0 unspecified atom stereocenters. The van der Waals surface area contributed by atoms with Gasteiger partial charge in [0, 0.05) is 0 Å². The van der Waals surface area contributed by atoms with E-state index in [4.69, 9.17) is 19.9 Å². The SMILES string of the molecule is C[C@@H]1OC(=O)[C@@H](N)CCC[C@H](OCc2ccccc2)[C@H]1OCc1ccccc1. The van der Waals surface area contributed by atoms with Gasteiger partial charge < -0.3 is 19.9 Å². The van der Waals surface area contributed by atoms with Crippen LogP contribution in [0, 0.1) is 0 Å². The second kappa shape index (κ2) is 10.4. The average Bonchev–Trinajstić information content (AvgIpc) is 2.76. The Hall–Kier alpha value is -2.21. The molecule has 2 aromatic rings. The predicted molar refractivity (Wildman–Crippen MR) is 107 cm³/mol. The molecule has 0 radical (unpaired) electrons. The van der Waals surface area contributed by atoms with Crippen molar-refractivity contribution in [1.82, 2.24) is 0 Å². The summed E-state index contributed by atoms with van der Waals surface area (Å²) in [4.78, 5) is 12.2. The highest BCUT2D eigenvalue weighted by molar-refractivity contribution is 5.75. The number of benzene rings is 2. The molecule has 4 atom stereocenters. The van der Waals surface area contributed by atoms with Crippen LogP contribution < -0.4 is 5.73 Å². The third kappa shape index (κ3) is 5.89. The summed E-state index contributed by atoms with van der Waals surface area (Å²) in [6, 6.07) is 19.4. The van der Waals surface area contributed by atoms with Crippen molar-refractivity contribution >= 4 is 5.97 Å². The highest BCUT2D eigenvalue weighted by Gasteiger charge is 2.34. The Morgan fingerprint density at radius 2 is 1.50 bits per heavy atom. The summed E-state index contributed by atoms with van der Waals surface area (Å²) in [5.41, 5.74) is 8.12. The van der Waals surface area contributed by atoms with Crippen molar-refractivity contribution in [3.63, 3.8) is 0 Å². The molecule has 0 spiro atoms. The number of hydrogen-bond donors (Lipinski definition) is 1. The number of carbonyl (C=O) groups is 1. The lowest BCUT2D eigenvalue weighted by Crippen LogP contribution is -2.43. The summed E-state index contributed by atoms with van der Waals surface area (Å²) in [6.07, 6.45) is 1.15. The first kappa shape index (κ1) is 20.5. The van der Waals surface area contributed by atoms with Crippen molar-refractivity contribution in [3.8, 4) is 0 Å². The fraction of sp³-hybridized carbons (Fsp3) is 0.435. The van der Waals surface area contributed by atoms with E-state index >= 15 is 0 Å². The van der Waals surface area contributed by atoms with Crippen LogP contribution in [0.15, 0.2) is 60.7 Å². The van der Waals surface area contributed by atoms with E-state index < -0.39 is 12.1 Å². The van der Waals surface area contributed by atoms with Gasteiger partial charge in [0.25, 0.3) is 0 Å². The highest BCUT2D eigenvalue weighted by atomic mass is 16.6. The van der Waals surface area contributed by atoms with Crippen LogP contribution in [0.2, 0.25) is 0 Å². The zero-order valence-electron chi connectivity index (χ0n) is 16.3. The number of cyclic esters (lactones) is 1. The van der Waals surface area contributed by atoms with Crippen molar-refractivity contribution in [2.75, 3.05) is 0 Å². The Kier molecular flexibility index (Phi) is 7.60. The van der Waals surface area contributed by atoms with E-state index in [0.717, 1.165) is 24.0 Å². The Morgan fingerprint density at radius 1 is 0.929 bits per heavy atom. The topological polar surface area (TPSA) is 70.8 Å². The van der Waals surface area contributed by atoms with Crippen molar-refractivity contribution < 1.29 is 19.0 Å². The zero-order valence-corrected chi connectivity index (χ0v) is 16.3. The molecule has 1 aliphatic heterocycles. The first-order valence-electron chi connectivity index (χ1n) is 9.90. The zero-order chi connectivity index (χ0) is 19.8. The van der Waals surface area contributed by atoms with Gasteiger partial charge in [0.05, 0.1) is 19.3 Å². The van der Waals surface area contributed by atoms with Gasteiger partial charge in [0.15, 0.2) is 0 Å². The van der Waals surface area contributed by atoms with Crippen molar-refractivity contribution in [2.24, 2.45) is 5.73 Å². The predicted octanol–water partition coefficient (Wildman–Crippen LogP) is 3.60. The summed E-state index contributed by atoms with van der Waals surface area (Å²) in [7, 11) is 0. The Labute approximate surface area is 166 Å². The molecule has 1 fully saturated rings. The van der Waals surface area contributed by atoms with Gasteiger partial charge in [-0.3, -0.25) is 4.79 Å². The summed E-state index contributed by atoms with van der Waals surface area (Å²) in [5.74, 6) is -0.371. The van der Waals surface area contributed by atoms with Crippen molar-refractivity contribution in [3.05, 3.63) is 71.8 Å². The maximum Gasteiger partial charge on any atom is 0.323 e. The number of carbonyl (C=O) groups excluding carboxylic acids is 1. The number of nitrogens with two attached hydrogens (primary N) is 1. The first-order chi connectivity index (χ1) is 13.6. The van der Waals surface area contributed by atoms with E-state index in [1.54, 1.807) is 0 Å². The first-order valence-corrected chi connectivity index (χ1v) is 9.90. The molecule has 0 saturated carbocycles. The van der Waals surface area contributed by atoms with Gasteiger partial charge in [-0.05, 0) is 37.3 Å². The van der Waals surface area contributed by atoms with Gasteiger partial charge in [-0.1, -0.05) is 60.7 Å². The molecule has 0 aromatic heterocycles. The molecule has 1 heterocycles. The second-order valence-electron chi connectivity index (χ2n) is 7.28. The fourth-order valence-electron chi connectivity index (χ4n) is 3.43. The van der Waals surface area contributed by atoms with Crippen LogP contribution in [-0.4, -0.2) is 30.3 Å². The van der Waals surface area contributed by atoms with Gasteiger partial charge in [-0.15, -0.1) is 0 Å². The molecule has 1 aliphatic rings. The molecule has 1 saturated heterocycles. The summed E-state index contributed by atoms with van der Waals surface area (Å²) < 4.78 is 18.1. The molecule has 3 rings (SSSR count). The Bertz CT molecular complexity index is 722. The molecule has 5 heteroatoms. The maximum absolute atomic E-state index is 12.2. The number of esters is 1. The van der Waals surface area contributed by atoms with Gasteiger partial charge >= 0.3 is 5.97 Å². The molecule has 2 N–H and O–H groups in total. The lowest BCUT2D eigenvalue weighted by atomic mass is 10.0. The molecule has 2 aromatic carbocycles. The number of rotatable bonds is 6. The molecule has 0 amide bonds. The summed E-state index contributed by atoms with van der Waals surface area (Å²) in [6.45, 7) is 2.78. The van der Waals surface area contributed by atoms with E-state index in [0.29, 0.717) is 19.6 Å². The van der Waals surface area contributed by atoms with E-state index in [1.807, 2.05) is 67.6 Å². The van der Waals surface area contributed by atoms with Crippen LogP contribution >= 0.6 is 0 Å². The molecule has 150 valence electrons. The third-order valence-corrected chi connectivity index (χ3v) is 5.03. The van der Waals surface area contributed by atoms with Crippen LogP contribution in [0.1, 0.15) is 37.3 Å². The van der Waals surface area contributed by atoms with Gasteiger partial charge in [0.1, 0.15) is 18.2 Å². The van der Waals surface area contributed by atoms with E-state index in [2.05, 4.69) is 0 Å². The molecular weight excluding hydrogens is 354 g/mol. The summed E-state index contributed by atoms with van der Waals surface area (Å²) in [5, 5.41) is 0. The fourth-order valence-corrected chi connectivity index (χ4v) is 3.43.